The summed E-state index contributed by atoms with van der Waals surface area (Å²) >= 11 is 0. The van der Waals surface area contributed by atoms with Crippen LogP contribution in [0.15, 0.2) is 0 Å². The van der Waals surface area contributed by atoms with Gasteiger partial charge in [-0.15, -0.1) is 5.10 Å². The highest BCUT2D eigenvalue weighted by Gasteiger charge is 2.28. The summed E-state index contributed by atoms with van der Waals surface area (Å²) in [6.45, 7) is 0.598. The Kier molecular flexibility index (Phi) is 2.58. The second kappa shape index (κ2) is 3.88. The van der Waals surface area contributed by atoms with Gasteiger partial charge in [0.15, 0.2) is 6.29 Å². The van der Waals surface area contributed by atoms with Gasteiger partial charge in [-0.3, -0.25) is 4.79 Å². The van der Waals surface area contributed by atoms with Crippen molar-refractivity contribution in [3.8, 4) is 0 Å². The zero-order valence-corrected chi connectivity index (χ0v) is 8.14. The fourth-order valence-electron chi connectivity index (χ4n) is 1.47. The molecule has 0 spiro atoms. The van der Waals surface area contributed by atoms with E-state index in [2.05, 4.69) is 10.3 Å². The van der Waals surface area contributed by atoms with Gasteiger partial charge in [0.05, 0.1) is 18.3 Å². The third-order valence-electron chi connectivity index (χ3n) is 2.37. The Balaban J connectivity index is 2.21. The van der Waals surface area contributed by atoms with E-state index in [0.29, 0.717) is 24.8 Å². The summed E-state index contributed by atoms with van der Waals surface area (Å²) in [7, 11) is 1.64. The Morgan fingerprint density at radius 1 is 1.64 bits per heavy atom. The van der Waals surface area contributed by atoms with Crippen LogP contribution >= 0.6 is 0 Å². The Bertz CT molecular complexity index is 331. The van der Waals surface area contributed by atoms with Crippen LogP contribution in [-0.2, 0) is 11.2 Å². The number of nitrogens with zero attached hydrogens (tertiary/aromatic N) is 3. The number of aldehydes is 1. The quantitative estimate of drug-likeness (QED) is 0.646. The summed E-state index contributed by atoms with van der Waals surface area (Å²) in [6.07, 6.45) is 3.74. The van der Waals surface area contributed by atoms with E-state index in [1.165, 1.54) is 0 Å². The zero-order valence-electron chi connectivity index (χ0n) is 8.14. The smallest absolute Gasteiger partial charge is 0.172 e. The first-order chi connectivity index (χ1) is 6.86. The van der Waals surface area contributed by atoms with E-state index in [1.54, 1.807) is 7.11 Å². The van der Waals surface area contributed by atoms with Crippen LogP contribution in [0.4, 0.5) is 0 Å². The molecule has 0 N–H and O–H groups in total. The predicted octanol–water partition coefficient (Wildman–Crippen LogP) is 0.614. The molecule has 0 atom stereocenters. The largest absolute Gasteiger partial charge is 0.384 e. The molecule has 0 bridgehead atoms. The second-order valence-electron chi connectivity index (χ2n) is 3.46. The Morgan fingerprint density at radius 3 is 3.00 bits per heavy atom. The van der Waals surface area contributed by atoms with Gasteiger partial charge in [-0.2, -0.15) is 0 Å². The van der Waals surface area contributed by atoms with Gasteiger partial charge < -0.3 is 4.74 Å². The van der Waals surface area contributed by atoms with Crippen LogP contribution in [-0.4, -0.2) is 35.0 Å². The van der Waals surface area contributed by atoms with E-state index < -0.39 is 0 Å². The molecule has 1 aromatic rings. The minimum Gasteiger partial charge on any atom is -0.384 e. The van der Waals surface area contributed by atoms with Crippen molar-refractivity contribution in [1.82, 2.24) is 15.0 Å². The van der Waals surface area contributed by atoms with Crippen LogP contribution in [0.25, 0.3) is 0 Å². The van der Waals surface area contributed by atoms with Gasteiger partial charge in [0.2, 0.25) is 0 Å². The van der Waals surface area contributed by atoms with Crippen molar-refractivity contribution >= 4 is 6.29 Å². The molecule has 14 heavy (non-hydrogen) atoms. The highest BCUT2D eigenvalue weighted by molar-refractivity contribution is 5.73. The molecule has 0 aromatic carbocycles. The molecule has 1 saturated carbocycles. The maximum absolute atomic E-state index is 10.7. The average Bonchev–Trinajstić information content (AvgIpc) is 2.96. The average molecular weight is 195 g/mol. The lowest BCUT2D eigenvalue weighted by Crippen LogP contribution is -2.07. The third kappa shape index (κ3) is 1.68. The molecule has 1 aliphatic carbocycles. The lowest BCUT2D eigenvalue weighted by Gasteiger charge is -2.03. The summed E-state index contributed by atoms with van der Waals surface area (Å²) in [5.74, 6) is 0. The van der Waals surface area contributed by atoms with Gasteiger partial charge in [0.1, 0.15) is 5.69 Å². The van der Waals surface area contributed by atoms with Crippen LogP contribution < -0.4 is 0 Å². The van der Waals surface area contributed by atoms with Gasteiger partial charge in [0.25, 0.3) is 0 Å². The lowest BCUT2D eigenvalue weighted by molar-refractivity contribution is 0.111. The van der Waals surface area contributed by atoms with E-state index in [4.69, 9.17) is 4.74 Å². The molecule has 5 heteroatoms. The summed E-state index contributed by atoms with van der Waals surface area (Å²) < 4.78 is 6.85. The van der Waals surface area contributed by atoms with Crippen molar-refractivity contribution in [3.05, 3.63) is 11.4 Å². The minimum absolute atomic E-state index is 0.453. The summed E-state index contributed by atoms with van der Waals surface area (Å²) in [5, 5.41) is 7.82. The first-order valence-electron chi connectivity index (χ1n) is 4.75. The number of ether oxygens (including phenoxy) is 1. The normalized spacial score (nSPS) is 15.8. The molecule has 76 valence electrons. The molecule has 5 nitrogen and oxygen atoms in total. The molecule has 0 unspecified atom stereocenters. The van der Waals surface area contributed by atoms with Crippen molar-refractivity contribution in [2.75, 3.05) is 13.7 Å². The maximum Gasteiger partial charge on any atom is 0.172 e. The number of aromatic nitrogens is 3. The minimum atomic E-state index is 0.453. The van der Waals surface area contributed by atoms with E-state index in [1.807, 2.05) is 4.68 Å². The van der Waals surface area contributed by atoms with Crippen molar-refractivity contribution in [1.29, 1.82) is 0 Å². The zero-order chi connectivity index (χ0) is 9.97. The molecule has 1 fully saturated rings. The number of rotatable bonds is 5. The summed E-state index contributed by atoms with van der Waals surface area (Å²) in [4.78, 5) is 10.7. The molecular weight excluding hydrogens is 182 g/mol. The molecule has 0 amide bonds. The predicted molar refractivity (Wildman–Crippen MR) is 49.3 cm³/mol. The number of hydrogen-bond acceptors (Lipinski definition) is 4. The fraction of sp³-hybridized carbons (Fsp3) is 0.667. The number of methoxy groups -OCH3 is 1. The molecule has 0 saturated heterocycles. The summed E-state index contributed by atoms with van der Waals surface area (Å²) in [5.41, 5.74) is 1.36. The summed E-state index contributed by atoms with van der Waals surface area (Å²) in [6, 6.07) is 0.461. The molecule has 1 heterocycles. The van der Waals surface area contributed by atoms with Crippen LogP contribution in [0.1, 0.15) is 35.1 Å². The van der Waals surface area contributed by atoms with Gasteiger partial charge in [-0.05, 0) is 12.8 Å². The van der Waals surface area contributed by atoms with Crippen molar-refractivity contribution in [2.24, 2.45) is 0 Å². The van der Waals surface area contributed by atoms with E-state index >= 15 is 0 Å². The first-order valence-corrected chi connectivity index (χ1v) is 4.75. The van der Waals surface area contributed by atoms with Crippen LogP contribution in [0.3, 0.4) is 0 Å². The Labute approximate surface area is 82.1 Å². The van der Waals surface area contributed by atoms with Crippen LogP contribution in [0, 0.1) is 0 Å². The van der Waals surface area contributed by atoms with Gasteiger partial charge >= 0.3 is 0 Å². The molecular formula is C9H13N3O2. The molecule has 2 rings (SSSR count). The monoisotopic (exact) mass is 195 g/mol. The molecule has 0 aliphatic heterocycles. The van der Waals surface area contributed by atoms with Crippen molar-refractivity contribution in [2.45, 2.75) is 25.3 Å². The van der Waals surface area contributed by atoms with Gasteiger partial charge in [-0.25, -0.2) is 4.68 Å². The molecule has 1 aliphatic rings. The van der Waals surface area contributed by atoms with Crippen LogP contribution in [0.5, 0.6) is 0 Å². The SMILES string of the molecule is COCCc1c(C=O)nnn1C1CC1. The third-order valence-corrected chi connectivity index (χ3v) is 2.37. The highest BCUT2D eigenvalue weighted by Crippen LogP contribution is 2.35. The highest BCUT2D eigenvalue weighted by atomic mass is 16.5. The van der Waals surface area contributed by atoms with Gasteiger partial charge in [-0.1, -0.05) is 5.21 Å². The topological polar surface area (TPSA) is 57.0 Å². The number of hydrogen-bond donors (Lipinski definition) is 0. The van der Waals surface area contributed by atoms with Crippen molar-refractivity contribution in [3.63, 3.8) is 0 Å². The fourth-order valence-corrected chi connectivity index (χ4v) is 1.47. The maximum atomic E-state index is 10.7. The van der Waals surface area contributed by atoms with Crippen molar-refractivity contribution < 1.29 is 9.53 Å². The Morgan fingerprint density at radius 2 is 2.43 bits per heavy atom. The number of carbonyl (C=O) groups excluding carboxylic acids is 1. The van der Waals surface area contributed by atoms with Crippen LogP contribution in [0.2, 0.25) is 0 Å². The van der Waals surface area contributed by atoms with E-state index in [9.17, 15) is 4.79 Å². The Hall–Kier alpha value is -1.23. The van der Waals surface area contributed by atoms with Gasteiger partial charge in [0, 0.05) is 13.5 Å². The number of carbonyl (C=O) groups is 1. The molecule has 1 aromatic heterocycles. The van der Waals surface area contributed by atoms with E-state index in [0.717, 1.165) is 24.8 Å². The van der Waals surface area contributed by atoms with E-state index in [-0.39, 0.29) is 0 Å². The first kappa shape index (κ1) is 9.33. The second-order valence-corrected chi connectivity index (χ2v) is 3.46. The standard InChI is InChI=1S/C9H13N3O2/c1-14-5-4-9-8(6-13)10-11-12(9)7-2-3-7/h6-7H,2-5H2,1H3. The lowest BCUT2D eigenvalue weighted by atomic mass is 10.2. The molecule has 0 radical (unpaired) electrons.